The molecule has 1 aromatic carbocycles. The summed E-state index contributed by atoms with van der Waals surface area (Å²) in [6, 6.07) is 2.32. The van der Waals surface area contributed by atoms with Crippen molar-refractivity contribution in [1.29, 1.82) is 0 Å². The first kappa shape index (κ1) is 14.4. The van der Waals surface area contributed by atoms with E-state index in [1.54, 1.807) is 24.6 Å². The van der Waals surface area contributed by atoms with Crippen molar-refractivity contribution in [2.75, 3.05) is 6.26 Å². The second-order valence-corrected chi connectivity index (χ2v) is 5.11. The van der Waals surface area contributed by atoms with Gasteiger partial charge in [0.25, 0.3) is 5.69 Å². The number of nitrogens with two attached hydrogens (primary N) is 1. The Hall–Kier alpha value is -2.06. The highest BCUT2D eigenvalue weighted by Gasteiger charge is 2.24. The molecule has 2 rings (SSSR count). The molecule has 2 aromatic rings. The molecule has 1 heterocycles. The number of nitro groups is 1. The number of fused-ring (bicyclic) bond motifs is 1. The molecule has 8 heteroatoms. The van der Waals surface area contributed by atoms with Gasteiger partial charge in [-0.15, -0.1) is 11.8 Å². The topological polar surface area (TPSA) is 122 Å². The highest BCUT2D eigenvalue weighted by molar-refractivity contribution is 7.98. The molecule has 4 N–H and O–H groups in total. The summed E-state index contributed by atoms with van der Waals surface area (Å²) >= 11 is 1.27. The quantitative estimate of drug-likeness (QED) is 0.439. The van der Waals surface area contributed by atoms with Gasteiger partial charge in [0.15, 0.2) is 0 Å². The number of aromatic nitrogens is 1. The maximum Gasteiger partial charge on any atom is 0.320 e. The molecule has 20 heavy (non-hydrogen) atoms. The SMILES string of the molecule is CSc1ccc2[nH]cc(C[C@H](N)C(=O)O)c2c1[N+](=O)[O-]. The molecule has 0 saturated heterocycles. The largest absolute Gasteiger partial charge is 0.480 e. The fourth-order valence-corrected chi connectivity index (χ4v) is 2.66. The molecule has 106 valence electrons. The number of rotatable bonds is 5. The van der Waals surface area contributed by atoms with Crippen molar-refractivity contribution < 1.29 is 14.8 Å². The van der Waals surface area contributed by atoms with Gasteiger partial charge in [-0.2, -0.15) is 0 Å². The van der Waals surface area contributed by atoms with E-state index >= 15 is 0 Å². The van der Waals surface area contributed by atoms with Gasteiger partial charge in [0.1, 0.15) is 6.04 Å². The van der Waals surface area contributed by atoms with Crippen molar-refractivity contribution in [1.82, 2.24) is 4.98 Å². The van der Waals surface area contributed by atoms with Crippen LogP contribution in [0.15, 0.2) is 23.2 Å². The summed E-state index contributed by atoms with van der Waals surface area (Å²) in [4.78, 5) is 25.1. The maximum atomic E-state index is 11.3. The van der Waals surface area contributed by atoms with Gasteiger partial charge in [-0.25, -0.2) is 0 Å². The number of carboxylic acids is 1. The van der Waals surface area contributed by atoms with E-state index in [1.165, 1.54) is 11.8 Å². The molecular weight excluding hydrogens is 282 g/mol. The van der Waals surface area contributed by atoms with Crippen molar-refractivity contribution in [3.63, 3.8) is 0 Å². The van der Waals surface area contributed by atoms with Crippen LogP contribution in [0.3, 0.4) is 0 Å². The molecule has 7 nitrogen and oxygen atoms in total. The van der Waals surface area contributed by atoms with Crippen molar-refractivity contribution >= 4 is 34.3 Å². The predicted octanol–water partition coefficient (Wildman–Crippen LogP) is 1.75. The van der Waals surface area contributed by atoms with Crippen LogP contribution in [0.25, 0.3) is 10.9 Å². The van der Waals surface area contributed by atoms with Crippen LogP contribution in [0.2, 0.25) is 0 Å². The number of nitro benzene ring substituents is 1. The summed E-state index contributed by atoms with van der Waals surface area (Å²) in [5.74, 6) is -1.14. The minimum absolute atomic E-state index is 0.0103. The lowest BCUT2D eigenvalue weighted by Crippen LogP contribution is -2.32. The van der Waals surface area contributed by atoms with Crippen LogP contribution in [0.4, 0.5) is 5.69 Å². The van der Waals surface area contributed by atoms with Crippen molar-refractivity contribution in [2.45, 2.75) is 17.4 Å². The van der Waals surface area contributed by atoms with Gasteiger partial charge < -0.3 is 15.8 Å². The lowest BCUT2D eigenvalue weighted by molar-refractivity contribution is -0.385. The summed E-state index contributed by atoms with van der Waals surface area (Å²) in [6.45, 7) is 0. The Kier molecular flexibility index (Phi) is 3.96. The molecule has 0 bridgehead atoms. The van der Waals surface area contributed by atoms with Crippen molar-refractivity contribution in [3.8, 4) is 0 Å². The van der Waals surface area contributed by atoms with Crippen molar-refractivity contribution in [2.24, 2.45) is 5.73 Å². The summed E-state index contributed by atoms with van der Waals surface area (Å²) in [5, 5.41) is 20.6. The Morgan fingerprint density at radius 3 is 2.85 bits per heavy atom. The first-order chi connectivity index (χ1) is 9.45. The Labute approximate surface area is 118 Å². The molecule has 0 spiro atoms. The second kappa shape index (κ2) is 5.51. The van der Waals surface area contributed by atoms with E-state index in [2.05, 4.69) is 4.98 Å². The summed E-state index contributed by atoms with van der Waals surface area (Å²) in [7, 11) is 0. The zero-order valence-corrected chi connectivity index (χ0v) is 11.4. The van der Waals surface area contributed by atoms with Crippen LogP contribution in [0.5, 0.6) is 0 Å². The lowest BCUT2D eigenvalue weighted by Gasteiger charge is -2.06. The highest BCUT2D eigenvalue weighted by atomic mass is 32.2. The third-order valence-corrected chi connectivity index (χ3v) is 3.79. The van der Waals surface area contributed by atoms with Crippen LogP contribution in [0.1, 0.15) is 5.56 Å². The minimum Gasteiger partial charge on any atom is -0.480 e. The van der Waals surface area contributed by atoms with E-state index in [9.17, 15) is 14.9 Å². The molecule has 1 aromatic heterocycles. The Bertz CT molecular complexity index is 683. The first-order valence-corrected chi connectivity index (χ1v) is 6.98. The van der Waals surface area contributed by atoms with E-state index in [1.807, 2.05) is 0 Å². The molecule has 0 aliphatic carbocycles. The van der Waals surface area contributed by atoms with Gasteiger partial charge in [-0.1, -0.05) is 0 Å². The van der Waals surface area contributed by atoms with E-state index < -0.39 is 16.9 Å². The molecular formula is C12H13N3O4S. The second-order valence-electron chi connectivity index (χ2n) is 4.26. The van der Waals surface area contributed by atoms with Gasteiger partial charge in [0.2, 0.25) is 0 Å². The third kappa shape index (κ3) is 2.47. The van der Waals surface area contributed by atoms with Crippen molar-refractivity contribution in [3.05, 3.63) is 34.0 Å². The number of hydrogen-bond donors (Lipinski definition) is 3. The Morgan fingerprint density at radius 1 is 1.60 bits per heavy atom. The van der Waals surface area contributed by atoms with Crippen LogP contribution in [-0.4, -0.2) is 33.3 Å². The van der Waals surface area contributed by atoms with Gasteiger partial charge >= 0.3 is 5.97 Å². The number of thioether (sulfide) groups is 1. The normalized spacial score (nSPS) is 12.5. The van der Waals surface area contributed by atoms with Crippen LogP contribution >= 0.6 is 11.8 Å². The lowest BCUT2D eigenvalue weighted by atomic mass is 10.0. The maximum absolute atomic E-state index is 11.3. The number of benzene rings is 1. The number of hydrogen-bond acceptors (Lipinski definition) is 5. The van der Waals surface area contributed by atoms with Crippen LogP contribution < -0.4 is 5.73 Å². The van der Waals surface area contributed by atoms with Gasteiger partial charge in [0.05, 0.1) is 20.7 Å². The standard InChI is InChI=1S/C12H13N3O4S/c1-20-9-3-2-8-10(11(9)15(18)19)6(5-14-8)4-7(13)12(16)17/h2-3,5,7,14H,4,13H2,1H3,(H,16,17)/t7-/m0/s1. The van der Waals surface area contributed by atoms with E-state index in [4.69, 9.17) is 10.8 Å². The molecule has 0 fully saturated rings. The van der Waals surface area contributed by atoms with E-state index in [0.717, 1.165) is 0 Å². The first-order valence-electron chi connectivity index (χ1n) is 5.75. The molecule has 0 radical (unpaired) electrons. The van der Waals surface area contributed by atoms with E-state index in [0.29, 0.717) is 21.4 Å². The number of carboxylic acid groups (broad SMARTS) is 1. The molecule has 0 unspecified atom stereocenters. The average molecular weight is 295 g/mol. The van der Waals surface area contributed by atoms with E-state index in [-0.39, 0.29) is 12.1 Å². The van der Waals surface area contributed by atoms with Gasteiger partial charge in [-0.3, -0.25) is 14.9 Å². The zero-order chi connectivity index (χ0) is 14.9. The number of nitrogens with one attached hydrogen (secondary N) is 1. The Balaban J connectivity index is 2.62. The zero-order valence-electron chi connectivity index (χ0n) is 10.6. The predicted molar refractivity (Wildman–Crippen MR) is 76.0 cm³/mol. The molecule has 0 aliphatic rings. The summed E-state index contributed by atoms with van der Waals surface area (Å²) < 4.78 is 0. The molecule has 0 aliphatic heterocycles. The Morgan fingerprint density at radius 2 is 2.30 bits per heavy atom. The summed E-state index contributed by atoms with van der Waals surface area (Å²) in [5.41, 5.74) is 6.64. The number of carbonyl (C=O) groups is 1. The third-order valence-electron chi connectivity index (χ3n) is 3.02. The number of H-pyrrole nitrogens is 1. The number of aromatic amines is 1. The molecule has 0 saturated carbocycles. The monoisotopic (exact) mass is 295 g/mol. The van der Waals surface area contributed by atoms with Gasteiger partial charge in [-0.05, 0) is 24.0 Å². The van der Waals surface area contributed by atoms with Crippen LogP contribution in [0, 0.1) is 10.1 Å². The highest BCUT2D eigenvalue weighted by Crippen LogP contribution is 2.37. The summed E-state index contributed by atoms with van der Waals surface area (Å²) in [6.07, 6.45) is 3.36. The molecule has 0 amide bonds. The fraction of sp³-hybridized carbons (Fsp3) is 0.250. The smallest absolute Gasteiger partial charge is 0.320 e. The average Bonchev–Trinajstić information content (AvgIpc) is 2.80. The van der Waals surface area contributed by atoms with Crippen LogP contribution in [-0.2, 0) is 11.2 Å². The number of nitrogens with zero attached hydrogens (tertiary/aromatic N) is 1. The number of aliphatic carboxylic acids is 1. The fourth-order valence-electron chi connectivity index (χ4n) is 2.09. The minimum atomic E-state index is -1.14. The molecule has 1 atom stereocenters. The van der Waals surface area contributed by atoms with Gasteiger partial charge in [0, 0.05) is 12.6 Å².